The topological polar surface area (TPSA) is 108 Å². The SMILES string of the molecule is CC(C)c1nn(-c2cccc(F)c2)c2nc(C(=O)O)cc(-c3ccc(N4CCC(C#N)CC4)nc3)c12. The van der Waals surface area contributed by atoms with E-state index in [-0.39, 0.29) is 17.5 Å². The molecular weight excluding hydrogens is 459 g/mol. The molecule has 0 radical (unpaired) electrons. The number of aromatic nitrogens is 4. The van der Waals surface area contributed by atoms with Crippen LogP contribution in [0.25, 0.3) is 27.8 Å². The molecule has 1 aliphatic heterocycles. The van der Waals surface area contributed by atoms with Crippen molar-refractivity contribution >= 4 is 22.8 Å². The van der Waals surface area contributed by atoms with Gasteiger partial charge in [-0.1, -0.05) is 19.9 Å². The fourth-order valence-corrected chi connectivity index (χ4v) is 4.64. The summed E-state index contributed by atoms with van der Waals surface area (Å²) in [5.41, 5.74) is 2.81. The van der Waals surface area contributed by atoms with Crippen molar-refractivity contribution in [3.8, 4) is 22.9 Å². The minimum Gasteiger partial charge on any atom is -0.477 e. The Morgan fingerprint density at radius 2 is 1.97 bits per heavy atom. The molecule has 0 saturated carbocycles. The highest BCUT2D eigenvalue weighted by molar-refractivity contribution is 6.00. The number of halogens is 1. The zero-order valence-corrected chi connectivity index (χ0v) is 20.0. The summed E-state index contributed by atoms with van der Waals surface area (Å²) in [5, 5.41) is 24.4. The lowest BCUT2D eigenvalue weighted by Crippen LogP contribution is -2.33. The van der Waals surface area contributed by atoms with Crippen molar-refractivity contribution in [2.75, 3.05) is 18.0 Å². The van der Waals surface area contributed by atoms with Crippen molar-refractivity contribution in [3.63, 3.8) is 0 Å². The number of carbonyl (C=O) groups is 1. The van der Waals surface area contributed by atoms with Crippen LogP contribution in [0.5, 0.6) is 0 Å². The number of aromatic carboxylic acids is 1. The lowest BCUT2D eigenvalue weighted by Gasteiger charge is -2.30. The number of anilines is 1. The van der Waals surface area contributed by atoms with E-state index >= 15 is 0 Å². The molecule has 0 atom stereocenters. The zero-order chi connectivity index (χ0) is 25.4. The van der Waals surface area contributed by atoms with Crippen LogP contribution in [-0.2, 0) is 0 Å². The first-order valence-corrected chi connectivity index (χ1v) is 11.9. The molecule has 0 bridgehead atoms. The van der Waals surface area contributed by atoms with Gasteiger partial charge in [-0.2, -0.15) is 10.4 Å². The summed E-state index contributed by atoms with van der Waals surface area (Å²) in [6.45, 7) is 5.54. The molecule has 1 fully saturated rings. The third-order valence-corrected chi connectivity index (χ3v) is 6.54. The van der Waals surface area contributed by atoms with Crippen LogP contribution in [0.4, 0.5) is 10.2 Å². The molecule has 4 heterocycles. The molecule has 9 heteroatoms. The van der Waals surface area contributed by atoms with Crippen LogP contribution < -0.4 is 4.90 Å². The van der Waals surface area contributed by atoms with Crippen LogP contribution in [0.15, 0.2) is 48.7 Å². The lowest BCUT2D eigenvalue weighted by atomic mass is 9.97. The fraction of sp³-hybridized carbons (Fsp3) is 0.296. The number of benzene rings is 1. The van der Waals surface area contributed by atoms with E-state index in [1.807, 2.05) is 26.0 Å². The van der Waals surface area contributed by atoms with E-state index in [4.69, 9.17) is 10.4 Å². The summed E-state index contributed by atoms with van der Waals surface area (Å²) in [6, 6.07) is 13.7. The summed E-state index contributed by atoms with van der Waals surface area (Å²) >= 11 is 0. The number of nitriles is 1. The molecule has 1 N–H and O–H groups in total. The van der Waals surface area contributed by atoms with Gasteiger partial charge in [0.25, 0.3) is 0 Å². The second kappa shape index (κ2) is 9.38. The van der Waals surface area contributed by atoms with Crippen molar-refractivity contribution in [1.82, 2.24) is 19.7 Å². The number of hydrogen-bond acceptors (Lipinski definition) is 6. The van der Waals surface area contributed by atoms with E-state index in [2.05, 4.69) is 20.9 Å². The fourth-order valence-electron chi connectivity index (χ4n) is 4.64. The van der Waals surface area contributed by atoms with Gasteiger partial charge in [-0.15, -0.1) is 0 Å². The van der Waals surface area contributed by atoms with Crippen molar-refractivity contribution in [2.24, 2.45) is 5.92 Å². The monoisotopic (exact) mass is 484 g/mol. The number of hydrogen-bond donors (Lipinski definition) is 1. The Morgan fingerprint density at radius 3 is 2.58 bits per heavy atom. The quantitative estimate of drug-likeness (QED) is 0.416. The standard InChI is InChI=1S/C27H25FN6O2/c1-16(2)25-24-21(18-6-7-23(30-15-18)33-10-8-17(14-29)9-11-33)13-22(27(35)36)31-26(24)34(32-25)20-5-3-4-19(28)12-20/h3-7,12-13,15-17H,8-11H2,1-2H3,(H,35,36). The number of nitrogens with zero attached hydrogens (tertiary/aromatic N) is 6. The maximum absolute atomic E-state index is 14.0. The van der Waals surface area contributed by atoms with E-state index in [9.17, 15) is 14.3 Å². The molecule has 1 saturated heterocycles. The normalized spacial score (nSPS) is 14.4. The maximum atomic E-state index is 14.0. The highest BCUT2D eigenvalue weighted by Gasteiger charge is 2.24. The van der Waals surface area contributed by atoms with Gasteiger partial charge in [0.15, 0.2) is 11.3 Å². The van der Waals surface area contributed by atoms with Crippen LogP contribution in [0.1, 0.15) is 48.8 Å². The second-order valence-corrected chi connectivity index (χ2v) is 9.29. The first kappa shape index (κ1) is 23.4. The molecule has 36 heavy (non-hydrogen) atoms. The summed E-state index contributed by atoms with van der Waals surface area (Å²) in [5.74, 6) is -0.675. The van der Waals surface area contributed by atoms with Gasteiger partial charge in [0, 0.05) is 30.8 Å². The van der Waals surface area contributed by atoms with Crippen molar-refractivity contribution in [3.05, 3.63) is 65.9 Å². The summed E-state index contributed by atoms with van der Waals surface area (Å²) < 4.78 is 15.5. The molecule has 5 rings (SSSR count). The minimum atomic E-state index is -1.17. The first-order valence-electron chi connectivity index (χ1n) is 11.9. The van der Waals surface area contributed by atoms with Crippen LogP contribution in [0.3, 0.4) is 0 Å². The number of carboxylic acids is 1. The second-order valence-electron chi connectivity index (χ2n) is 9.29. The summed E-state index contributed by atoms with van der Waals surface area (Å²) in [7, 11) is 0. The number of carboxylic acid groups (broad SMARTS) is 1. The molecule has 1 aliphatic rings. The number of pyridine rings is 2. The Kier molecular flexibility index (Phi) is 6.10. The molecule has 3 aromatic heterocycles. The Bertz CT molecular complexity index is 1480. The van der Waals surface area contributed by atoms with Gasteiger partial charge in [0.1, 0.15) is 11.6 Å². The molecule has 1 aromatic carbocycles. The average Bonchev–Trinajstić information content (AvgIpc) is 3.28. The average molecular weight is 485 g/mol. The van der Waals surface area contributed by atoms with Crippen molar-refractivity contribution < 1.29 is 14.3 Å². The molecule has 182 valence electrons. The van der Waals surface area contributed by atoms with Crippen LogP contribution in [0, 0.1) is 23.1 Å². The van der Waals surface area contributed by atoms with Gasteiger partial charge in [-0.25, -0.2) is 23.8 Å². The zero-order valence-electron chi connectivity index (χ0n) is 20.0. The van der Waals surface area contributed by atoms with Crippen LogP contribution in [-0.4, -0.2) is 43.9 Å². The smallest absolute Gasteiger partial charge is 0.354 e. The Morgan fingerprint density at radius 1 is 1.19 bits per heavy atom. The van der Waals surface area contributed by atoms with Gasteiger partial charge in [-0.05, 0) is 60.7 Å². The summed E-state index contributed by atoms with van der Waals surface area (Å²) in [6.07, 6.45) is 3.35. The first-order chi connectivity index (χ1) is 17.4. The Labute approximate surface area is 207 Å². The molecular formula is C27H25FN6O2. The maximum Gasteiger partial charge on any atom is 0.354 e. The number of fused-ring (bicyclic) bond motifs is 1. The van der Waals surface area contributed by atoms with Gasteiger partial charge in [-0.3, -0.25) is 0 Å². The van der Waals surface area contributed by atoms with Crippen molar-refractivity contribution in [2.45, 2.75) is 32.6 Å². The largest absolute Gasteiger partial charge is 0.477 e. The Balaban J connectivity index is 1.65. The lowest BCUT2D eigenvalue weighted by molar-refractivity contribution is 0.0691. The van der Waals surface area contributed by atoms with E-state index in [1.165, 1.54) is 16.8 Å². The van der Waals surface area contributed by atoms with Gasteiger partial charge < -0.3 is 10.0 Å². The highest BCUT2D eigenvalue weighted by atomic mass is 19.1. The predicted octanol–water partition coefficient (Wildman–Crippen LogP) is 5.18. The third-order valence-electron chi connectivity index (χ3n) is 6.54. The minimum absolute atomic E-state index is 0.00667. The molecule has 0 amide bonds. The van der Waals surface area contributed by atoms with Crippen molar-refractivity contribution in [1.29, 1.82) is 5.26 Å². The molecule has 0 aliphatic carbocycles. The van der Waals surface area contributed by atoms with Crippen LogP contribution in [0.2, 0.25) is 0 Å². The van der Waals surface area contributed by atoms with E-state index in [1.54, 1.807) is 24.4 Å². The number of piperidine rings is 1. The molecule has 4 aromatic rings. The van der Waals surface area contributed by atoms with E-state index in [0.29, 0.717) is 22.3 Å². The van der Waals surface area contributed by atoms with Gasteiger partial charge in [0.05, 0.1) is 22.8 Å². The Hall–Kier alpha value is -4.32. The van der Waals surface area contributed by atoms with Crippen LogP contribution >= 0.6 is 0 Å². The molecule has 0 unspecified atom stereocenters. The third kappa shape index (κ3) is 4.26. The highest BCUT2D eigenvalue weighted by Crippen LogP contribution is 2.36. The van der Waals surface area contributed by atoms with Gasteiger partial charge in [0.2, 0.25) is 0 Å². The molecule has 0 spiro atoms. The summed E-state index contributed by atoms with van der Waals surface area (Å²) in [4.78, 5) is 23.2. The van der Waals surface area contributed by atoms with E-state index in [0.717, 1.165) is 43.0 Å². The number of rotatable bonds is 5. The molecule has 8 nitrogen and oxygen atoms in total. The van der Waals surface area contributed by atoms with Gasteiger partial charge >= 0.3 is 5.97 Å². The predicted molar refractivity (Wildman–Crippen MR) is 134 cm³/mol. The van der Waals surface area contributed by atoms with E-state index < -0.39 is 11.8 Å².